The van der Waals surface area contributed by atoms with Crippen molar-refractivity contribution in [2.45, 2.75) is 22.6 Å². The van der Waals surface area contributed by atoms with Gasteiger partial charge in [-0.25, -0.2) is 32.1 Å². The van der Waals surface area contributed by atoms with Gasteiger partial charge < -0.3 is 10.3 Å². The molecule has 1 saturated heterocycles. The Hall–Kier alpha value is -3.24. The largest absolute Gasteiger partial charge is 0.345 e. The van der Waals surface area contributed by atoms with Crippen molar-refractivity contribution in [3.8, 4) is 22.5 Å². The molecule has 0 radical (unpaired) electrons. The minimum Gasteiger partial charge on any atom is -0.345 e. The van der Waals surface area contributed by atoms with Gasteiger partial charge in [0.1, 0.15) is 9.79 Å². The number of hydrogen-bond acceptors (Lipinski definition) is 9. The third kappa shape index (κ3) is 4.76. The number of para-hydroxylation sites is 1. The molecule has 0 saturated carbocycles. The molecule has 0 amide bonds. The Kier molecular flexibility index (Phi) is 6.22. The summed E-state index contributed by atoms with van der Waals surface area (Å²) < 4.78 is 48.8. The zero-order valence-corrected chi connectivity index (χ0v) is 18.8. The fourth-order valence-corrected chi connectivity index (χ4v) is 5.74. The second-order valence-electron chi connectivity index (χ2n) is 7.20. The lowest BCUT2D eigenvalue weighted by Gasteiger charge is -2.15. The standard InChI is InChI=1S/C14H12N8O4S2.C4H9N/c15-27(23,24)10-5-4-7(8-2-1-3-9-12(8)18-6-17-9)11(13(10)28(16,25)26)14-19-21-22-20-14;1-2-4-5-3-1/h1-6H,(H,17,18)(H2,15,23,24)(H2,16,25,26)(H,19,20,21,22);5H,1-4H2. The molecule has 0 bridgehead atoms. The molecular formula is C18H21N9O4S2. The SMILES string of the molecule is C1CCNC1.NS(=O)(=O)c1ccc(-c2cccc3[nH]cnc23)c(-c2nn[nH]n2)c1S(N)(=O)=O. The minimum atomic E-state index is -4.55. The summed E-state index contributed by atoms with van der Waals surface area (Å²) in [5, 5.41) is 27.0. The van der Waals surface area contributed by atoms with Crippen LogP contribution in [0.1, 0.15) is 12.8 Å². The monoisotopic (exact) mass is 491 g/mol. The first-order valence-electron chi connectivity index (χ1n) is 9.77. The predicted molar refractivity (Wildman–Crippen MR) is 120 cm³/mol. The highest BCUT2D eigenvalue weighted by molar-refractivity contribution is 7.92. The molecule has 5 rings (SSSR count). The number of sulfonamides is 2. The van der Waals surface area contributed by atoms with Crippen LogP contribution in [0.5, 0.6) is 0 Å². The number of imidazole rings is 1. The molecule has 1 fully saturated rings. The van der Waals surface area contributed by atoms with Crippen LogP contribution in [0, 0.1) is 0 Å². The molecule has 1 aliphatic rings. The van der Waals surface area contributed by atoms with Gasteiger partial charge >= 0.3 is 0 Å². The van der Waals surface area contributed by atoms with Gasteiger partial charge in [0.05, 0.1) is 22.9 Å². The molecule has 0 spiro atoms. The summed E-state index contributed by atoms with van der Waals surface area (Å²) in [6, 6.07) is 7.65. The van der Waals surface area contributed by atoms with Crippen LogP contribution < -0.4 is 15.6 Å². The van der Waals surface area contributed by atoms with Crippen LogP contribution in [0.3, 0.4) is 0 Å². The zero-order valence-electron chi connectivity index (χ0n) is 17.2. The van der Waals surface area contributed by atoms with Crippen molar-refractivity contribution in [1.82, 2.24) is 35.9 Å². The maximum Gasteiger partial charge on any atom is 0.240 e. The van der Waals surface area contributed by atoms with Crippen LogP contribution in [0.2, 0.25) is 0 Å². The molecule has 7 N–H and O–H groups in total. The van der Waals surface area contributed by atoms with Crippen molar-refractivity contribution < 1.29 is 16.8 Å². The molecule has 0 unspecified atom stereocenters. The number of primary sulfonamides is 2. The minimum absolute atomic E-state index is 0.154. The Balaban J connectivity index is 0.000000459. The molecule has 0 aliphatic carbocycles. The normalized spacial score (nSPS) is 14.2. The molecule has 0 atom stereocenters. The van der Waals surface area contributed by atoms with E-state index >= 15 is 0 Å². The van der Waals surface area contributed by atoms with Crippen molar-refractivity contribution in [3.05, 3.63) is 36.7 Å². The van der Waals surface area contributed by atoms with E-state index in [0.717, 1.165) is 6.07 Å². The molecule has 13 nitrogen and oxygen atoms in total. The number of aromatic amines is 2. The van der Waals surface area contributed by atoms with Crippen LogP contribution in [0.4, 0.5) is 0 Å². The van der Waals surface area contributed by atoms with Gasteiger partial charge in [-0.2, -0.15) is 5.21 Å². The summed E-state index contributed by atoms with van der Waals surface area (Å²) in [5.41, 5.74) is 1.85. The van der Waals surface area contributed by atoms with Gasteiger partial charge in [0, 0.05) is 5.56 Å². The van der Waals surface area contributed by atoms with E-state index in [1.54, 1.807) is 18.2 Å². The first-order chi connectivity index (χ1) is 15.7. The third-order valence-electron chi connectivity index (χ3n) is 4.98. The number of rotatable bonds is 4. The molecular weight excluding hydrogens is 470 g/mol. The lowest BCUT2D eigenvalue weighted by Crippen LogP contribution is -2.22. The fraction of sp³-hybridized carbons (Fsp3) is 0.222. The van der Waals surface area contributed by atoms with E-state index in [-0.39, 0.29) is 17.0 Å². The molecule has 2 aromatic carbocycles. The van der Waals surface area contributed by atoms with E-state index < -0.39 is 29.8 Å². The number of aromatic nitrogens is 6. The lowest BCUT2D eigenvalue weighted by molar-refractivity contribution is 0.584. The van der Waals surface area contributed by atoms with Crippen LogP contribution in [-0.4, -0.2) is 60.5 Å². The van der Waals surface area contributed by atoms with Gasteiger partial charge in [0.15, 0.2) is 0 Å². The Morgan fingerprint density at radius 1 is 0.909 bits per heavy atom. The summed E-state index contributed by atoms with van der Waals surface area (Å²) >= 11 is 0. The van der Waals surface area contributed by atoms with Crippen molar-refractivity contribution in [2.75, 3.05) is 13.1 Å². The van der Waals surface area contributed by atoms with Crippen molar-refractivity contribution in [1.29, 1.82) is 0 Å². The topological polar surface area (TPSA) is 215 Å². The highest BCUT2D eigenvalue weighted by Gasteiger charge is 2.31. The molecule has 15 heteroatoms. The molecule has 33 heavy (non-hydrogen) atoms. The fourth-order valence-electron chi connectivity index (χ4n) is 3.59. The van der Waals surface area contributed by atoms with Gasteiger partial charge in [-0.15, -0.1) is 10.2 Å². The van der Waals surface area contributed by atoms with E-state index in [1.165, 1.54) is 38.3 Å². The Morgan fingerprint density at radius 3 is 2.24 bits per heavy atom. The Bertz CT molecular complexity index is 1490. The number of H-pyrrole nitrogens is 2. The van der Waals surface area contributed by atoms with Crippen molar-refractivity contribution >= 4 is 31.1 Å². The first kappa shape index (κ1) is 22.9. The molecule has 2 aromatic heterocycles. The zero-order chi connectivity index (χ0) is 23.6. The van der Waals surface area contributed by atoms with Crippen molar-refractivity contribution in [2.24, 2.45) is 10.3 Å². The van der Waals surface area contributed by atoms with E-state index in [9.17, 15) is 16.8 Å². The Morgan fingerprint density at radius 2 is 1.67 bits per heavy atom. The van der Waals surface area contributed by atoms with Gasteiger partial charge in [-0.05, 0) is 48.8 Å². The third-order valence-corrected chi connectivity index (χ3v) is 7.05. The second kappa shape index (κ2) is 8.95. The average Bonchev–Trinajstić information content (AvgIpc) is 3.55. The summed E-state index contributed by atoms with van der Waals surface area (Å²) in [4.78, 5) is 5.79. The second-order valence-corrected chi connectivity index (χ2v) is 10.2. The maximum absolute atomic E-state index is 12.4. The summed E-state index contributed by atoms with van der Waals surface area (Å²) in [6.07, 6.45) is 4.25. The number of tetrazole rings is 1. The molecule has 1 aliphatic heterocycles. The number of benzene rings is 2. The van der Waals surface area contributed by atoms with Gasteiger partial charge in [-0.3, -0.25) is 0 Å². The summed E-state index contributed by atoms with van der Waals surface area (Å²) in [5.74, 6) is -0.169. The van der Waals surface area contributed by atoms with Gasteiger partial charge in [0.2, 0.25) is 25.9 Å². The number of nitrogens with one attached hydrogen (secondary N) is 3. The van der Waals surface area contributed by atoms with Crippen LogP contribution in [0.15, 0.2) is 46.5 Å². The highest BCUT2D eigenvalue weighted by atomic mass is 32.2. The smallest absolute Gasteiger partial charge is 0.240 e. The van der Waals surface area contributed by atoms with Crippen LogP contribution in [0.25, 0.3) is 33.5 Å². The summed E-state index contributed by atoms with van der Waals surface area (Å²) in [7, 11) is -8.98. The quantitative estimate of drug-likeness (QED) is 0.261. The van der Waals surface area contributed by atoms with E-state index in [4.69, 9.17) is 10.3 Å². The number of fused-ring (bicyclic) bond motifs is 1. The van der Waals surface area contributed by atoms with Gasteiger partial charge in [0.25, 0.3) is 0 Å². The van der Waals surface area contributed by atoms with Crippen molar-refractivity contribution in [3.63, 3.8) is 0 Å². The number of nitrogens with zero attached hydrogens (tertiary/aromatic N) is 4. The van der Waals surface area contributed by atoms with E-state index in [2.05, 4.69) is 35.9 Å². The first-order valence-corrected chi connectivity index (χ1v) is 12.9. The number of nitrogens with two attached hydrogens (primary N) is 2. The molecule has 4 aromatic rings. The lowest BCUT2D eigenvalue weighted by atomic mass is 9.98. The van der Waals surface area contributed by atoms with Gasteiger partial charge in [-0.1, -0.05) is 18.2 Å². The maximum atomic E-state index is 12.4. The Labute approximate surface area is 189 Å². The predicted octanol–water partition coefficient (Wildman–Crippen LogP) is 0.0746. The van der Waals surface area contributed by atoms with E-state index in [1.807, 2.05) is 0 Å². The molecule has 3 heterocycles. The number of hydrogen-bond donors (Lipinski definition) is 5. The van der Waals surface area contributed by atoms with Crippen LogP contribution >= 0.6 is 0 Å². The average molecular weight is 492 g/mol. The highest BCUT2D eigenvalue weighted by Crippen LogP contribution is 2.40. The molecule has 174 valence electrons. The summed E-state index contributed by atoms with van der Waals surface area (Å²) in [6.45, 7) is 2.50. The van der Waals surface area contributed by atoms with E-state index in [0.29, 0.717) is 16.6 Å². The van der Waals surface area contributed by atoms with Crippen LogP contribution in [-0.2, 0) is 20.0 Å².